The van der Waals surface area contributed by atoms with Crippen LogP contribution in [0.1, 0.15) is 28.9 Å². The van der Waals surface area contributed by atoms with Gasteiger partial charge in [-0.1, -0.05) is 41.9 Å². The summed E-state index contributed by atoms with van der Waals surface area (Å²) in [5.41, 5.74) is 1.75. The summed E-state index contributed by atoms with van der Waals surface area (Å²) in [6, 6.07) is 16.8. The van der Waals surface area contributed by atoms with Gasteiger partial charge in [0.15, 0.2) is 6.54 Å². The number of quaternary nitrogens is 1. The van der Waals surface area contributed by atoms with E-state index in [1.54, 1.807) is 0 Å². The van der Waals surface area contributed by atoms with Gasteiger partial charge in [0.05, 0.1) is 32.2 Å². The highest BCUT2D eigenvalue weighted by Gasteiger charge is 2.26. The summed E-state index contributed by atoms with van der Waals surface area (Å²) in [6.45, 7) is 5.28. The summed E-state index contributed by atoms with van der Waals surface area (Å²) in [5, 5.41) is 3.72. The zero-order valence-electron chi connectivity index (χ0n) is 15.5. The lowest BCUT2D eigenvalue weighted by atomic mass is 10.1. The van der Waals surface area contributed by atoms with E-state index >= 15 is 0 Å². The minimum Gasteiger partial charge on any atom is -0.345 e. The number of rotatable bonds is 5. The van der Waals surface area contributed by atoms with Gasteiger partial charge in [0.2, 0.25) is 0 Å². The minimum atomic E-state index is -0.0601. The van der Waals surface area contributed by atoms with Crippen LogP contribution in [0.25, 0.3) is 0 Å². The van der Waals surface area contributed by atoms with Crippen molar-refractivity contribution in [2.75, 3.05) is 32.7 Å². The first-order valence-corrected chi connectivity index (χ1v) is 9.63. The van der Waals surface area contributed by atoms with Gasteiger partial charge in [-0.3, -0.25) is 9.59 Å². The highest BCUT2D eigenvalue weighted by molar-refractivity contribution is 6.30. The summed E-state index contributed by atoms with van der Waals surface area (Å²) < 4.78 is 0. The number of halogens is 1. The van der Waals surface area contributed by atoms with Crippen molar-refractivity contribution in [2.24, 2.45) is 0 Å². The van der Waals surface area contributed by atoms with Crippen LogP contribution in [0.3, 0.4) is 0 Å². The van der Waals surface area contributed by atoms with E-state index in [2.05, 4.69) is 5.32 Å². The molecular formula is C21H25ClN3O2+. The van der Waals surface area contributed by atoms with Crippen molar-refractivity contribution in [3.05, 3.63) is 70.7 Å². The molecule has 142 valence electrons. The van der Waals surface area contributed by atoms with Crippen LogP contribution in [-0.4, -0.2) is 49.4 Å². The maximum Gasteiger partial charge on any atom is 0.275 e. The van der Waals surface area contributed by atoms with E-state index in [0.717, 1.165) is 24.2 Å². The second-order valence-electron chi connectivity index (χ2n) is 6.93. The number of nitrogens with zero attached hydrogens (tertiary/aromatic N) is 1. The predicted molar refractivity (Wildman–Crippen MR) is 106 cm³/mol. The fraction of sp³-hybridized carbons (Fsp3) is 0.333. The molecule has 1 fully saturated rings. The number of carbonyl (C=O) groups excluding carboxylic acids is 2. The molecule has 2 aromatic carbocycles. The molecule has 0 saturated carbocycles. The third kappa shape index (κ3) is 5.31. The number of amides is 2. The molecule has 0 radical (unpaired) electrons. The molecule has 6 heteroatoms. The molecule has 2 aromatic rings. The highest BCUT2D eigenvalue weighted by Crippen LogP contribution is 2.15. The van der Waals surface area contributed by atoms with Crippen molar-refractivity contribution in [3.8, 4) is 0 Å². The van der Waals surface area contributed by atoms with Crippen LogP contribution >= 0.6 is 11.6 Å². The van der Waals surface area contributed by atoms with Crippen LogP contribution in [-0.2, 0) is 4.79 Å². The van der Waals surface area contributed by atoms with Crippen LogP contribution in [0.15, 0.2) is 54.6 Å². The van der Waals surface area contributed by atoms with Crippen LogP contribution < -0.4 is 10.2 Å². The molecule has 2 N–H and O–H groups in total. The van der Waals surface area contributed by atoms with Gasteiger partial charge in [-0.15, -0.1) is 0 Å². The Morgan fingerprint density at radius 3 is 2.33 bits per heavy atom. The smallest absolute Gasteiger partial charge is 0.275 e. The zero-order valence-corrected chi connectivity index (χ0v) is 16.2. The van der Waals surface area contributed by atoms with Crippen LogP contribution in [0.5, 0.6) is 0 Å². The normalized spacial score (nSPS) is 16.0. The third-order valence-corrected chi connectivity index (χ3v) is 5.19. The molecule has 3 rings (SSSR count). The summed E-state index contributed by atoms with van der Waals surface area (Å²) in [5.74, 6) is 0.0887. The first-order chi connectivity index (χ1) is 13.0. The van der Waals surface area contributed by atoms with Crippen molar-refractivity contribution in [1.29, 1.82) is 0 Å². The largest absolute Gasteiger partial charge is 0.345 e. The molecule has 1 saturated heterocycles. The summed E-state index contributed by atoms with van der Waals surface area (Å²) >= 11 is 5.91. The molecule has 0 aromatic heterocycles. The van der Waals surface area contributed by atoms with E-state index in [4.69, 9.17) is 11.6 Å². The monoisotopic (exact) mass is 386 g/mol. The minimum absolute atomic E-state index is 0.0234. The molecule has 0 aliphatic carbocycles. The fourth-order valence-corrected chi connectivity index (χ4v) is 3.45. The van der Waals surface area contributed by atoms with Gasteiger partial charge in [0.25, 0.3) is 11.8 Å². The predicted octanol–water partition coefficient (Wildman–Crippen LogP) is 1.56. The summed E-state index contributed by atoms with van der Waals surface area (Å²) in [4.78, 5) is 27.9. The Hall–Kier alpha value is -2.37. The third-order valence-electron chi connectivity index (χ3n) is 4.94. The van der Waals surface area contributed by atoms with Crippen molar-refractivity contribution in [1.82, 2.24) is 10.2 Å². The molecule has 5 nitrogen and oxygen atoms in total. The van der Waals surface area contributed by atoms with Gasteiger partial charge in [0, 0.05) is 10.6 Å². The Labute approximate surface area is 164 Å². The van der Waals surface area contributed by atoms with Gasteiger partial charge in [-0.05, 0) is 36.8 Å². The Bertz CT molecular complexity index is 772. The topological polar surface area (TPSA) is 53.9 Å². The van der Waals surface area contributed by atoms with Crippen molar-refractivity contribution < 1.29 is 14.5 Å². The second-order valence-corrected chi connectivity index (χ2v) is 7.36. The molecule has 0 unspecified atom stereocenters. The average molecular weight is 387 g/mol. The van der Waals surface area contributed by atoms with E-state index in [9.17, 15) is 9.59 Å². The number of benzene rings is 2. The maximum atomic E-state index is 12.5. The second kappa shape index (κ2) is 9.02. The molecule has 0 bridgehead atoms. The van der Waals surface area contributed by atoms with Gasteiger partial charge >= 0.3 is 0 Å². The van der Waals surface area contributed by atoms with Crippen LogP contribution in [0, 0.1) is 0 Å². The summed E-state index contributed by atoms with van der Waals surface area (Å²) in [7, 11) is 0. The quantitative estimate of drug-likeness (QED) is 0.819. The van der Waals surface area contributed by atoms with Gasteiger partial charge < -0.3 is 15.1 Å². The SMILES string of the molecule is C[C@H](NC(=O)C[NH+]1CCN(C(=O)c2ccccc2)CC1)c1ccc(Cl)cc1. The van der Waals surface area contributed by atoms with E-state index < -0.39 is 0 Å². The Balaban J connectivity index is 1.45. The van der Waals surface area contributed by atoms with Gasteiger partial charge in [0.1, 0.15) is 0 Å². The lowest BCUT2D eigenvalue weighted by molar-refractivity contribution is -0.896. The standard InChI is InChI=1S/C21H24ClN3O2/c1-16(17-7-9-19(22)10-8-17)23-20(26)15-24-11-13-25(14-12-24)21(27)18-5-3-2-4-6-18/h2-10,16H,11-15H2,1H3,(H,23,26)/p+1/t16-/m0/s1. The van der Waals surface area contributed by atoms with Gasteiger partial charge in [-0.25, -0.2) is 0 Å². The molecule has 2 amide bonds. The first kappa shape index (κ1) is 19.4. The maximum absolute atomic E-state index is 12.5. The summed E-state index contributed by atoms with van der Waals surface area (Å²) in [6.07, 6.45) is 0. The molecular weight excluding hydrogens is 362 g/mol. The molecule has 1 aliphatic heterocycles. The zero-order chi connectivity index (χ0) is 19.2. The van der Waals surface area contributed by atoms with E-state index in [1.807, 2.05) is 66.4 Å². The number of piperazine rings is 1. The molecule has 1 atom stereocenters. The lowest BCUT2D eigenvalue weighted by Gasteiger charge is -2.32. The Morgan fingerprint density at radius 2 is 1.70 bits per heavy atom. The first-order valence-electron chi connectivity index (χ1n) is 9.25. The number of carbonyl (C=O) groups is 2. The van der Waals surface area contributed by atoms with Crippen molar-refractivity contribution in [2.45, 2.75) is 13.0 Å². The van der Waals surface area contributed by atoms with E-state index in [-0.39, 0.29) is 17.9 Å². The number of hydrogen-bond acceptors (Lipinski definition) is 2. The fourth-order valence-electron chi connectivity index (χ4n) is 3.32. The van der Waals surface area contributed by atoms with Gasteiger partial charge in [-0.2, -0.15) is 0 Å². The lowest BCUT2D eigenvalue weighted by Crippen LogP contribution is -3.15. The van der Waals surface area contributed by atoms with Crippen LogP contribution in [0.2, 0.25) is 5.02 Å². The van der Waals surface area contributed by atoms with Crippen LogP contribution in [0.4, 0.5) is 0 Å². The molecule has 1 heterocycles. The highest BCUT2D eigenvalue weighted by atomic mass is 35.5. The number of nitrogens with one attached hydrogen (secondary N) is 2. The molecule has 1 aliphatic rings. The van der Waals surface area contributed by atoms with E-state index in [0.29, 0.717) is 24.7 Å². The van der Waals surface area contributed by atoms with E-state index in [1.165, 1.54) is 4.90 Å². The number of hydrogen-bond donors (Lipinski definition) is 2. The molecule has 27 heavy (non-hydrogen) atoms. The van der Waals surface area contributed by atoms with Crippen molar-refractivity contribution in [3.63, 3.8) is 0 Å². The Morgan fingerprint density at radius 1 is 1.07 bits per heavy atom. The molecule has 0 spiro atoms. The average Bonchev–Trinajstić information content (AvgIpc) is 2.69. The van der Waals surface area contributed by atoms with Crippen molar-refractivity contribution >= 4 is 23.4 Å². The Kier molecular flexibility index (Phi) is 6.48.